The van der Waals surface area contributed by atoms with E-state index in [9.17, 15) is 9.50 Å². The summed E-state index contributed by atoms with van der Waals surface area (Å²) in [6.07, 6.45) is 1.86. The first-order valence-corrected chi connectivity index (χ1v) is 9.99. The molecule has 0 radical (unpaired) electrons. The van der Waals surface area contributed by atoms with E-state index in [0.29, 0.717) is 19.4 Å². The Morgan fingerprint density at radius 3 is 2.30 bits per heavy atom. The number of nitrogens with zero attached hydrogens (tertiary/aromatic N) is 2. The van der Waals surface area contributed by atoms with Gasteiger partial charge >= 0.3 is 0 Å². The number of rotatable bonds is 7. The number of hydrogen-bond donors (Lipinski definition) is 1. The summed E-state index contributed by atoms with van der Waals surface area (Å²) in [5.41, 5.74) is 4.77. The quantitative estimate of drug-likeness (QED) is 0.799. The van der Waals surface area contributed by atoms with Crippen LogP contribution in [0.5, 0.6) is 0 Å². The summed E-state index contributed by atoms with van der Waals surface area (Å²) in [5, 5.41) is 10.4. The van der Waals surface area contributed by atoms with Gasteiger partial charge in [0.25, 0.3) is 0 Å². The van der Waals surface area contributed by atoms with Gasteiger partial charge in [0.1, 0.15) is 5.82 Å². The minimum Gasteiger partial charge on any atom is -0.392 e. The molecule has 1 fully saturated rings. The zero-order chi connectivity index (χ0) is 19.2. The standard InChI is InChI=1S/C23H31FN2O/c1-18-7-5-8-19(2)23(18)26-15-13-25(14-16-26)17-21(27)11-6-10-20-9-3-4-12-22(20)24/h3-5,7-9,12,21,27H,6,10-11,13-17H2,1-2H3. The molecule has 1 N–H and O–H groups in total. The number of aliphatic hydroxyl groups is 1. The van der Waals surface area contributed by atoms with E-state index in [1.54, 1.807) is 6.07 Å². The zero-order valence-electron chi connectivity index (χ0n) is 16.5. The monoisotopic (exact) mass is 370 g/mol. The van der Waals surface area contributed by atoms with Crippen LogP contribution in [-0.2, 0) is 6.42 Å². The van der Waals surface area contributed by atoms with Crippen molar-refractivity contribution in [3.63, 3.8) is 0 Å². The van der Waals surface area contributed by atoms with Gasteiger partial charge in [-0.25, -0.2) is 4.39 Å². The Hall–Kier alpha value is -1.91. The van der Waals surface area contributed by atoms with Gasteiger partial charge in [0, 0.05) is 38.4 Å². The lowest BCUT2D eigenvalue weighted by Gasteiger charge is -2.38. The molecule has 1 saturated heterocycles. The molecule has 0 saturated carbocycles. The van der Waals surface area contributed by atoms with Crippen molar-refractivity contribution in [1.29, 1.82) is 0 Å². The number of aliphatic hydroxyl groups excluding tert-OH is 1. The number of benzene rings is 2. The van der Waals surface area contributed by atoms with Crippen LogP contribution < -0.4 is 4.90 Å². The molecular formula is C23H31FN2O. The average Bonchev–Trinajstić information content (AvgIpc) is 2.64. The summed E-state index contributed by atoms with van der Waals surface area (Å²) < 4.78 is 13.6. The number of aryl methyl sites for hydroxylation is 3. The number of hydrogen-bond acceptors (Lipinski definition) is 3. The van der Waals surface area contributed by atoms with Gasteiger partial charge in [-0.15, -0.1) is 0 Å². The molecule has 0 amide bonds. The van der Waals surface area contributed by atoms with Crippen LogP contribution in [0.2, 0.25) is 0 Å². The topological polar surface area (TPSA) is 26.7 Å². The number of β-amino-alcohol motifs (C(OH)–C–C–N with tert-alkyl or cyclic N) is 1. The van der Waals surface area contributed by atoms with Crippen molar-refractivity contribution in [2.24, 2.45) is 0 Å². The van der Waals surface area contributed by atoms with Crippen molar-refractivity contribution in [3.8, 4) is 0 Å². The Morgan fingerprint density at radius 2 is 1.63 bits per heavy atom. The lowest BCUT2D eigenvalue weighted by atomic mass is 10.0. The highest BCUT2D eigenvalue weighted by Gasteiger charge is 2.21. The molecule has 0 aromatic heterocycles. The van der Waals surface area contributed by atoms with Crippen LogP contribution in [0.4, 0.5) is 10.1 Å². The maximum absolute atomic E-state index is 13.6. The fourth-order valence-electron chi connectivity index (χ4n) is 4.08. The van der Waals surface area contributed by atoms with Crippen LogP contribution in [0.3, 0.4) is 0 Å². The van der Waals surface area contributed by atoms with Gasteiger partial charge in [-0.3, -0.25) is 4.90 Å². The maximum Gasteiger partial charge on any atom is 0.126 e. The second-order valence-electron chi connectivity index (χ2n) is 7.67. The fraction of sp³-hybridized carbons (Fsp3) is 0.478. The predicted octanol–water partition coefficient (Wildman–Crippen LogP) is 3.95. The molecule has 1 atom stereocenters. The fourth-order valence-corrected chi connectivity index (χ4v) is 4.08. The first-order valence-electron chi connectivity index (χ1n) is 9.99. The van der Waals surface area contributed by atoms with Crippen LogP contribution in [0.1, 0.15) is 29.5 Å². The molecule has 2 aromatic carbocycles. The summed E-state index contributed by atoms with van der Waals surface area (Å²) in [6.45, 7) is 8.98. The third kappa shape index (κ3) is 5.30. The van der Waals surface area contributed by atoms with Crippen molar-refractivity contribution in [2.45, 2.75) is 39.2 Å². The third-order valence-electron chi connectivity index (χ3n) is 5.54. The number of anilines is 1. The molecule has 0 bridgehead atoms. The Morgan fingerprint density at radius 1 is 0.963 bits per heavy atom. The Bertz CT molecular complexity index is 721. The minimum atomic E-state index is -0.344. The van der Waals surface area contributed by atoms with Crippen LogP contribution in [-0.4, -0.2) is 48.8 Å². The molecule has 3 nitrogen and oxygen atoms in total. The van der Waals surface area contributed by atoms with Crippen LogP contribution >= 0.6 is 0 Å². The van der Waals surface area contributed by atoms with Crippen molar-refractivity contribution in [3.05, 3.63) is 65.0 Å². The van der Waals surface area contributed by atoms with E-state index < -0.39 is 0 Å². The SMILES string of the molecule is Cc1cccc(C)c1N1CCN(CC(O)CCCc2ccccc2F)CC1. The average molecular weight is 371 g/mol. The molecule has 146 valence electrons. The van der Waals surface area contributed by atoms with E-state index in [-0.39, 0.29) is 11.9 Å². The van der Waals surface area contributed by atoms with Crippen LogP contribution in [0.15, 0.2) is 42.5 Å². The lowest BCUT2D eigenvalue weighted by molar-refractivity contribution is 0.100. The van der Waals surface area contributed by atoms with E-state index >= 15 is 0 Å². The number of halogens is 1. The summed E-state index contributed by atoms with van der Waals surface area (Å²) in [7, 11) is 0. The van der Waals surface area contributed by atoms with Crippen molar-refractivity contribution in [1.82, 2.24) is 4.90 Å². The first kappa shape index (κ1) is 19.8. The molecule has 1 heterocycles. The van der Waals surface area contributed by atoms with Crippen LogP contribution in [0.25, 0.3) is 0 Å². The van der Waals surface area contributed by atoms with Gasteiger partial charge in [0.15, 0.2) is 0 Å². The van der Waals surface area contributed by atoms with Gasteiger partial charge in [0.05, 0.1) is 6.10 Å². The van der Waals surface area contributed by atoms with Crippen molar-refractivity contribution < 1.29 is 9.50 Å². The summed E-state index contributed by atoms with van der Waals surface area (Å²) in [6, 6.07) is 13.4. The van der Waals surface area contributed by atoms with Gasteiger partial charge in [-0.1, -0.05) is 36.4 Å². The second-order valence-corrected chi connectivity index (χ2v) is 7.67. The Balaban J connectivity index is 1.42. The van der Waals surface area contributed by atoms with Crippen molar-refractivity contribution in [2.75, 3.05) is 37.6 Å². The maximum atomic E-state index is 13.6. The summed E-state index contributed by atoms with van der Waals surface area (Å²) in [5.74, 6) is -0.144. The predicted molar refractivity (Wildman–Crippen MR) is 110 cm³/mol. The molecule has 27 heavy (non-hydrogen) atoms. The summed E-state index contributed by atoms with van der Waals surface area (Å²) in [4.78, 5) is 4.81. The van der Waals surface area contributed by atoms with Crippen LogP contribution in [0, 0.1) is 19.7 Å². The van der Waals surface area contributed by atoms with E-state index in [1.165, 1.54) is 22.9 Å². The highest BCUT2D eigenvalue weighted by atomic mass is 19.1. The minimum absolute atomic E-state index is 0.144. The normalized spacial score (nSPS) is 16.5. The van der Waals surface area contributed by atoms with Gasteiger partial charge < -0.3 is 10.0 Å². The van der Waals surface area contributed by atoms with Crippen molar-refractivity contribution >= 4 is 5.69 Å². The highest BCUT2D eigenvalue weighted by molar-refractivity contribution is 5.59. The second kappa shape index (κ2) is 9.34. The molecule has 1 unspecified atom stereocenters. The van der Waals surface area contributed by atoms with Gasteiger partial charge in [-0.05, 0) is 55.9 Å². The zero-order valence-corrected chi connectivity index (χ0v) is 16.5. The molecular weight excluding hydrogens is 339 g/mol. The molecule has 1 aliphatic heterocycles. The largest absolute Gasteiger partial charge is 0.392 e. The van der Waals surface area contributed by atoms with E-state index in [4.69, 9.17) is 0 Å². The smallest absolute Gasteiger partial charge is 0.126 e. The van der Waals surface area contributed by atoms with E-state index in [0.717, 1.165) is 38.2 Å². The van der Waals surface area contributed by atoms with E-state index in [2.05, 4.69) is 41.8 Å². The number of piperazine rings is 1. The molecule has 1 aliphatic rings. The summed E-state index contributed by atoms with van der Waals surface area (Å²) >= 11 is 0. The molecule has 3 rings (SSSR count). The van der Waals surface area contributed by atoms with E-state index in [1.807, 2.05) is 12.1 Å². The first-order chi connectivity index (χ1) is 13.0. The Kier molecular flexibility index (Phi) is 6.86. The van der Waals surface area contributed by atoms with Gasteiger partial charge in [-0.2, -0.15) is 0 Å². The molecule has 4 heteroatoms. The van der Waals surface area contributed by atoms with Gasteiger partial charge in [0.2, 0.25) is 0 Å². The lowest BCUT2D eigenvalue weighted by Crippen LogP contribution is -2.49. The third-order valence-corrected chi connectivity index (χ3v) is 5.54. The number of para-hydroxylation sites is 1. The molecule has 0 aliphatic carbocycles. The molecule has 0 spiro atoms. The Labute approximate surface area is 162 Å². The highest BCUT2D eigenvalue weighted by Crippen LogP contribution is 2.25. The molecule has 2 aromatic rings.